The largest absolute Gasteiger partial charge is 0.300 e. The summed E-state index contributed by atoms with van der Waals surface area (Å²) >= 11 is 0. The van der Waals surface area contributed by atoms with Gasteiger partial charge < -0.3 is 4.79 Å². The Kier molecular flexibility index (Phi) is 5.81. The number of rotatable bonds is 6. The monoisotopic (exact) mass is 154 g/mol. The lowest BCUT2D eigenvalue weighted by atomic mass is 9.96. The van der Waals surface area contributed by atoms with Gasteiger partial charge in [-0.1, -0.05) is 19.4 Å². The number of hydrogen-bond donors (Lipinski definition) is 0. The molecule has 0 heterocycles. The van der Waals surface area contributed by atoms with E-state index in [1.165, 1.54) is 0 Å². The molecule has 1 heteroatoms. The van der Waals surface area contributed by atoms with Crippen LogP contribution in [0.25, 0.3) is 0 Å². The zero-order valence-electron chi connectivity index (χ0n) is 7.60. The van der Waals surface area contributed by atoms with Crippen LogP contribution < -0.4 is 0 Å². The first-order valence-corrected chi connectivity index (χ1v) is 4.31. The molecular formula is C10H18O. The first-order valence-electron chi connectivity index (χ1n) is 4.31. The molecule has 0 amide bonds. The number of allylic oxidation sites excluding steroid dienone is 1. The van der Waals surface area contributed by atoms with E-state index in [-0.39, 0.29) is 0 Å². The van der Waals surface area contributed by atoms with Crippen molar-refractivity contribution >= 4 is 5.78 Å². The zero-order chi connectivity index (χ0) is 8.69. The second-order valence-corrected chi connectivity index (χ2v) is 3.04. The molecule has 1 atom stereocenters. The minimum Gasteiger partial charge on any atom is -0.300 e. The first kappa shape index (κ1) is 10.4. The van der Waals surface area contributed by atoms with Crippen molar-refractivity contribution in [1.29, 1.82) is 0 Å². The maximum atomic E-state index is 10.6. The lowest BCUT2D eigenvalue weighted by Crippen LogP contribution is -2.00. The molecule has 0 aromatic carbocycles. The summed E-state index contributed by atoms with van der Waals surface area (Å²) in [6.07, 6.45) is 5.89. The number of Topliss-reactive ketones (excluding diaryl/α,β-unsaturated/α-hetero) is 1. The van der Waals surface area contributed by atoms with Crippen LogP contribution in [0.1, 0.15) is 39.5 Å². The van der Waals surface area contributed by atoms with Crippen molar-refractivity contribution in [2.75, 3.05) is 0 Å². The molecule has 0 aliphatic carbocycles. The van der Waals surface area contributed by atoms with Gasteiger partial charge in [0.2, 0.25) is 0 Å². The minimum absolute atomic E-state index is 0.299. The summed E-state index contributed by atoms with van der Waals surface area (Å²) in [5.74, 6) is 0.962. The van der Waals surface area contributed by atoms with Crippen molar-refractivity contribution in [3.05, 3.63) is 12.7 Å². The number of carbonyl (C=O) groups is 1. The third-order valence-corrected chi connectivity index (χ3v) is 1.98. The van der Waals surface area contributed by atoms with E-state index in [1.807, 2.05) is 6.08 Å². The maximum absolute atomic E-state index is 10.6. The molecule has 0 saturated carbocycles. The van der Waals surface area contributed by atoms with Gasteiger partial charge in [0, 0.05) is 6.42 Å². The number of ketones is 1. The molecule has 0 N–H and O–H groups in total. The SMILES string of the molecule is C=CCC(CC)CCC(C)=O. The molecular weight excluding hydrogens is 136 g/mol. The number of carbonyl (C=O) groups excluding carboxylic acids is 1. The van der Waals surface area contributed by atoms with E-state index in [2.05, 4.69) is 13.5 Å². The van der Waals surface area contributed by atoms with Crippen molar-refractivity contribution in [3.63, 3.8) is 0 Å². The van der Waals surface area contributed by atoms with Crippen LogP contribution in [-0.4, -0.2) is 5.78 Å². The average Bonchev–Trinajstić information content (AvgIpc) is 1.97. The Morgan fingerprint density at radius 3 is 2.64 bits per heavy atom. The topological polar surface area (TPSA) is 17.1 Å². The first-order chi connectivity index (χ1) is 5.20. The van der Waals surface area contributed by atoms with E-state index in [9.17, 15) is 4.79 Å². The Morgan fingerprint density at radius 2 is 2.27 bits per heavy atom. The van der Waals surface area contributed by atoms with E-state index >= 15 is 0 Å². The van der Waals surface area contributed by atoms with Gasteiger partial charge in [-0.25, -0.2) is 0 Å². The van der Waals surface area contributed by atoms with Gasteiger partial charge in [0.05, 0.1) is 0 Å². The summed E-state index contributed by atoms with van der Waals surface area (Å²) in [5.41, 5.74) is 0. The standard InChI is InChI=1S/C10H18O/c1-4-6-10(5-2)8-7-9(3)11/h4,10H,1,5-8H2,2-3H3. The van der Waals surface area contributed by atoms with Crippen LogP contribution in [0.15, 0.2) is 12.7 Å². The predicted molar refractivity (Wildman–Crippen MR) is 48.5 cm³/mol. The average molecular weight is 154 g/mol. The van der Waals surface area contributed by atoms with Crippen LogP contribution in [0.3, 0.4) is 0 Å². The summed E-state index contributed by atoms with van der Waals surface area (Å²) in [6, 6.07) is 0. The Labute approximate surface area is 69.5 Å². The van der Waals surface area contributed by atoms with Crippen molar-refractivity contribution < 1.29 is 4.79 Å². The molecule has 64 valence electrons. The van der Waals surface area contributed by atoms with E-state index in [0.717, 1.165) is 25.7 Å². The Hall–Kier alpha value is -0.590. The summed E-state index contributed by atoms with van der Waals surface area (Å²) in [7, 11) is 0. The van der Waals surface area contributed by atoms with Crippen LogP contribution in [0, 0.1) is 5.92 Å². The molecule has 0 aromatic heterocycles. The fourth-order valence-electron chi connectivity index (χ4n) is 1.13. The molecule has 1 unspecified atom stereocenters. The van der Waals surface area contributed by atoms with Gasteiger partial charge >= 0.3 is 0 Å². The van der Waals surface area contributed by atoms with E-state index < -0.39 is 0 Å². The van der Waals surface area contributed by atoms with E-state index in [0.29, 0.717) is 11.7 Å². The van der Waals surface area contributed by atoms with Gasteiger partial charge in [-0.3, -0.25) is 0 Å². The van der Waals surface area contributed by atoms with Crippen LogP contribution in [0.5, 0.6) is 0 Å². The van der Waals surface area contributed by atoms with Crippen molar-refractivity contribution in [2.24, 2.45) is 5.92 Å². The molecule has 0 rings (SSSR count). The van der Waals surface area contributed by atoms with Gasteiger partial charge in [-0.2, -0.15) is 0 Å². The predicted octanol–water partition coefficient (Wildman–Crippen LogP) is 2.96. The van der Waals surface area contributed by atoms with Crippen molar-refractivity contribution in [2.45, 2.75) is 39.5 Å². The highest BCUT2D eigenvalue weighted by Gasteiger charge is 2.04. The van der Waals surface area contributed by atoms with E-state index in [1.54, 1.807) is 6.92 Å². The zero-order valence-corrected chi connectivity index (χ0v) is 7.60. The maximum Gasteiger partial charge on any atom is 0.129 e. The summed E-state index contributed by atoms with van der Waals surface area (Å²) in [6.45, 7) is 7.51. The van der Waals surface area contributed by atoms with Gasteiger partial charge in [-0.15, -0.1) is 6.58 Å². The van der Waals surface area contributed by atoms with Crippen LogP contribution in [-0.2, 0) is 4.79 Å². The molecule has 0 aliphatic heterocycles. The van der Waals surface area contributed by atoms with E-state index in [4.69, 9.17) is 0 Å². The van der Waals surface area contributed by atoms with Crippen molar-refractivity contribution in [1.82, 2.24) is 0 Å². The van der Waals surface area contributed by atoms with Gasteiger partial charge in [0.15, 0.2) is 0 Å². The number of hydrogen-bond acceptors (Lipinski definition) is 1. The van der Waals surface area contributed by atoms with Gasteiger partial charge in [-0.05, 0) is 25.7 Å². The highest BCUT2D eigenvalue weighted by molar-refractivity contribution is 5.75. The molecule has 0 fully saturated rings. The molecule has 1 nitrogen and oxygen atoms in total. The molecule has 0 radical (unpaired) electrons. The third kappa shape index (κ3) is 5.84. The Morgan fingerprint density at radius 1 is 1.64 bits per heavy atom. The van der Waals surface area contributed by atoms with Crippen LogP contribution in [0.4, 0.5) is 0 Å². The molecule has 0 bridgehead atoms. The molecule has 0 spiro atoms. The highest BCUT2D eigenvalue weighted by Crippen LogP contribution is 2.15. The minimum atomic E-state index is 0.299. The van der Waals surface area contributed by atoms with Crippen molar-refractivity contribution in [3.8, 4) is 0 Å². The molecule has 11 heavy (non-hydrogen) atoms. The Balaban J connectivity index is 3.51. The molecule has 0 aliphatic rings. The fourth-order valence-corrected chi connectivity index (χ4v) is 1.13. The summed E-state index contributed by atoms with van der Waals surface area (Å²) in [4.78, 5) is 10.6. The summed E-state index contributed by atoms with van der Waals surface area (Å²) in [5, 5.41) is 0. The second kappa shape index (κ2) is 6.14. The normalized spacial score (nSPS) is 12.5. The van der Waals surface area contributed by atoms with Crippen LogP contribution in [0.2, 0.25) is 0 Å². The van der Waals surface area contributed by atoms with Gasteiger partial charge in [0.1, 0.15) is 5.78 Å². The molecule has 0 saturated heterocycles. The summed E-state index contributed by atoms with van der Waals surface area (Å²) < 4.78 is 0. The lowest BCUT2D eigenvalue weighted by Gasteiger charge is -2.09. The quantitative estimate of drug-likeness (QED) is 0.537. The fraction of sp³-hybridized carbons (Fsp3) is 0.700. The van der Waals surface area contributed by atoms with Gasteiger partial charge in [0.25, 0.3) is 0 Å². The third-order valence-electron chi connectivity index (χ3n) is 1.98. The molecule has 0 aromatic rings. The van der Waals surface area contributed by atoms with Crippen LogP contribution >= 0.6 is 0 Å². The second-order valence-electron chi connectivity index (χ2n) is 3.04. The Bertz CT molecular complexity index is 127. The lowest BCUT2D eigenvalue weighted by molar-refractivity contribution is -0.117. The smallest absolute Gasteiger partial charge is 0.129 e. The highest BCUT2D eigenvalue weighted by atomic mass is 16.1.